The van der Waals surface area contributed by atoms with E-state index in [1.165, 1.54) is 21.5 Å². The number of benzene rings is 9. The fourth-order valence-corrected chi connectivity index (χ4v) is 10.9. The lowest BCUT2D eigenvalue weighted by Gasteiger charge is -2.18. The molecule has 0 radical (unpaired) electrons. The Bertz CT molecular complexity index is 4270. The maximum atomic E-state index is 10.7. The van der Waals surface area contributed by atoms with Gasteiger partial charge in [-0.1, -0.05) is 140 Å². The first-order chi connectivity index (χ1) is 32.7. The van der Waals surface area contributed by atoms with Crippen LogP contribution in [0.2, 0.25) is 0 Å². The minimum Gasteiger partial charge on any atom is -0.309 e. The van der Waals surface area contributed by atoms with Gasteiger partial charge in [0.15, 0.2) is 0 Å². The fourth-order valence-electron chi connectivity index (χ4n) is 10.9. The Labute approximate surface area is 378 Å². The maximum absolute atomic E-state index is 10.7. The van der Waals surface area contributed by atoms with Crippen LogP contribution in [0.5, 0.6) is 0 Å². The van der Waals surface area contributed by atoms with Crippen LogP contribution < -0.4 is 0 Å². The van der Waals surface area contributed by atoms with Crippen molar-refractivity contribution in [2.45, 2.75) is 0 Å². The van der Waals surface area contributed by atoms with E-state index in [2.05, 4.69) is 218 Å². The predicted molar refractivity (Wildman–Crippen MR) is 272 cm³/mol. The standard InChI is InChI=1S/C60H36N6/c61-36-38-15-1-2-16-41(38)50-35-60(66-56-28-14-8-22-47(56)49-32-30-40(34-58(49)66)64-53-25-11-5-19-44(53)45-20-6-12-26-54(45)64)62-37-59(50)65-55-27-13-7-21-46(55)48-31-29-39(33-57(48)65)63-51-23-9-3-17-42(51)43-18-4-10-24-52(43)63/h1-35,37H. The number of nitriles is 1. The fraction of sp³-hybridized carbons (Fsp3) is 0. The first-order valence-corrected chi connectivity index (χ1v) is 22.3. The van der Waals surface area contributed by atoms with E-state index in [0.29, 0.717) is 5.56 Å². The van der Waals surface area contributed by atoms with Crippen LogP contribution in [0.1, 0.15) is 5.56 Å². The van der Waals surface area contributed by atoms with Crippen molar-refractivity contribution >= 4 is 87.2 Å². The third-order valence-electron chi connectivity index (χ3n) is 13.7. The molecular weight excluding hydrogens is 805 g/mol. The second kappa shape index (κ2) is 13.9. The molecule has 9 aromatic carbocycles. The van der Waals surface area contributed by atoms with Gasteiger partial charge in [-0.15, -0.1) is 0 Å². The SMILES string of the molecule is N#Cc1ccccc1-c1cc(-n2c3ccccc3c3ccc(-n4c5ccccc5c5ccccc54)cc32)ncc1-n1c2ccccc2c2ccc(-n3c4ccccc4c4ccccc43)cc21. The first kappa shape index (κ1) is 36.3. The summed E-state index contributed by atoms with van der Waals surface area (Å²) in [5.41, 5.74) is 14.2. The summed E-state index contributed by atoms with van der Waals surface area (Å²) < 4.78 is 9.37. The van der Waals surface area contributed by atoms with E-state index in [1.54, 1.807) is 0 Å². The molecule has 0 aliphatic carbocycles. The molecule has 14 aromatic rings. The summed E-state index contributed by atoms with van der Waals surface area (Å²) in [5.74, 6) is 0.763. The van der Waals surface area contributed by atoms with Crippen LogP contribution in [0.25, 0.3) is 121 Å². The molecule has 5 heterocycles. The molecule has 6 nitrogen and oxygen atoms in total. The summed E-state index contributed by atoms with van der Waals surface area (Å²) in [6.07, 6.45) is 2.01. The van der Waals surface area contributed by atoms with Crippen molar-refractivity contribution in [3.05, 3.63) is 224 Å². The van der Waals surface area contributed by atoms with E-state index in [0.717, 1.165) is 99.7 Å². The number of para-hydroxylation sites is 6. The topological polar surface area (TPSA) is 56.4 Å². The van der Waals surface area contributed by atoms with Crippen LogP contribution >= 0.6 is 0 Å². The molecule has 0 saturated heterocycles. The molecule has 14 rings (SSSR count). The molecule has 0 N–H and O–H groups in total. The van der Waals surface area contributed by atoms with Gasteiger partial charge in [-0.2, -0.15) is 5.26 Å². The van der Waals surface area contributed by atoms with Crippen molar-refractivity contribution < 1.29 is 0 Å². The molecule has 5 aromatic heterocycles. The zero-order valence-corrected chi connectivity index (χ0v) is 35.5. The van der Waals surface area contributed by atoms with E-state index >= 15 is 0 Å². The van der Waals surface area contributed by atoms with Crippen molar-refractivity contribution in [1.82, 2.24) is 23.3 Å². The van der Waals surface area contributed by atoms with Crippen LogP contribution in [0.4, 0.5) is 0 Å². The summed E-state index contributed by atoms with van der Waals surface area (Å²) >= 11 is 0. The summed E-state index contributed by atoms with van der Waals surface area (Å²) in [6, 6.07) is 77.9. The monoisotopic (exact) mass is 840 g/mol. The highest BCUT2D eigenvalue weighted by Gasteiger charge is 2.23. The summed E-state index contributed by atoms with van der Waals surface area (Å²) in [5, 5.41) is 20.1. The maximum Gasteiger partial charge on any atom is 0.138 e. The molecule has 0 amide bonds. The second-order valence-corrected chi connectivity index (χ2v) is 17.1. The van der Waals surface area contributed by atoms with E-state index in [9.17, 15) is 5.26 Å². The van der Waals surface area contributed by atoms with E-state index < -0.39 is 0 Å². The lowest BCUT2D eigenvalue weighted by molar-refractivity contribution is 1.05. The van der Waals surface area contributed by atoms with Crippen molar-refractivity contribution in [1.29, 1.82) is 5.26 Å². The normalized spacial score (nSPS) is 11.9. The van der Waals surface area contributed by atoms with Crippen molar-refractivity contribution in [3.63, 3.8) is 0 Å². The van der Waals surface area contributed by atoms with E-state index in [-0.39, 0.29) is 0 Å². The zero-order chi connectivity index (χ0) is 43.5. The molecule has 0 atom stereocenters. The molecular formula is C60H36N6. The Kier molecular flexibility index (Phi) is 7.65. The van der Waals surface area contributed by atoms with E-state index in [1.807, 2.05) is 24.4 Å². The number of fused-ring (bicyclic) bond motifs is 12. The van der Waals surface area contributed by atoms with Gasteiger partial charge in [-0.25, -0.2) is 4.98 Å². The van der Waals surface area contributed by atoms with Gasteiger partial charge in [-0.3, -0.25) is 4.57 Å². The number of pyridine rings is 1. The van der Waals surface area contributed by atoms with Gasteiger partial charge >= 0.3 is 0 Å². The summed E-state index contributed by atoms with van der Waals surface area (Å²) in [4.78, 5) is 5.43. The second-order valence-electron chi connectivity index (χ2n) is 17.1. The van der Waals surface area contributed by atoms with Gasteiger partial charge < -0.3 is 13.7 Å². The number of aromatic nitrogens is 5. The van der Waals surface area contributed by atoms with Crippen molar-refractivity contribution in [3.8, 4) is 40.1 Å². The van der Waals surface area contributed by atoms with Crippen LogP contribution in [-0.4, -0.2) is 23.3 Å². The van der Waals surface area contributed by atoms with Gasteiger partial charge in [0.25, 0.3) is 0 Å². The van der Waals surface area contributed by atoms with Crippen LogP contribution in [0, 0.1) is 11.3 Å². The van der Waals surface area contributed by atoms with Crippen LogP contribution in [0.15, 0.2) is 219 Å². The molecule has 0 unspecified atom stereocenters. The lowest BCUT2D eigenvalue weighted by Crippen LogP contribution is -2.04. The summed E-state index contributed by atoms with van der Waals surface area (Å²) in [6.45, 7) is 0. The zero-order valence-electron chi connectivity index (χ0n) is 35.5. The third kappa shape index (κ3) is 5.08. The largest absolute Gasteiger partial charge is 0.309 e. The number of hydrogen-bond donors (Lipinski definition) is 0. The Morgan fingerprint density at radius 3 is 1.14 bits per heavy atom. The number of nitrogens with zero attached hydrogens (tertiary/aromatic N) is 6. The molecule has 0 fully saturated rings. The Hall–Kier alpha value is -9.18. The van der Waals surface area contributed by atoms with Crippen molar-refractivity contribution in [2.24, 2.45) is 0 Å². The summed E-state index contributed by atoms with van der Waals surface area (Å²) in [7, 11) is 0. The van der Waals surface area contributed by atoms with Gasteiger partial charge in [-0.05, 0) is 72.8 Å². The average Bonchev–Trinajstić information content (AvgIpc) is 4.11. The highest BCUT2D eigenvalue weighted by atomic mass is 15.1. The highest BCUT2D eigenvalue weighted by Crippen LogP contribution is 2.42. The molecule has 306 valence electrons. The van der Waals surface area contributed by atoms with Gasteiger partial charge in [0.2, 0.25) is 0 Å². The average molecular weight is 841 g/mol. The molecule has 66 heavy (non-hydrogen) atoms. The smallest absolute Gasteiger partial charge is 0.138 e. The molecule has 0 spiro atoms. The van der Waals surface area contributed by atoms with Gasteiger partial charge in [0.1, 0.15) is 5.82 Å². The number of hydrogen-bond acceptors (Lipinski definition) is 2. The predicted octanol–water partition coefficient (Wildman–Crippen LogP) is 15.0. The Morgan fingerprint density at radius 2 is 0.682 bits per heavy atom. The molecule has 6 heteroatoms. The molecule has 0 bridgehead atoms. The third-order valence-corrected chi connectivity index (χ3v) is 13.7. The molecule has 0 saturated carbocycles. The lowest BCUT2D eigenvalue weighted by atomic mass is 9.99. The van der Waals surface area contributed by atoms with Crippen LogP contribution in [-0.2, 0) is 0 Å². The van der Waals surface area contributed by atoms with Gasteiger partial charge in [0.05, 0.1) is 67.7 Å². The van der Waals surface area contributed by atoms with Crippen molar-refractivity contribution in [2.75, 3.05) is 0 Å². The quantitative estimate of drug-likeness (QED) is 0.173. The van der Waals surface area contributed by atoms with Crippen LogP contribution in [0.3, 0.4) is 0 Å². The minimum atomic E-state index is 0.596. The van der Waals surface area contributed by atoms with E-state index in [4.69, 9.17) is 4.98 Å². The Morgan fingerprint density at radius 1 is 0.318 bits per heavy atom. The minimum absolute atomic E-state index is 0.596. The first-order valence-electron chi connectivity index (χ1n) is 22.3. The Balaban J connectivity index is 1.05. The molecule has 0 aliphatic rings. The van der Waals surface area contributed by atoms with Gasteiger partial charge in [0, 0.05) is 65.6 Å². The highest BCUT2D eigenvalue weighted by molar-refractivity contribution is 6.14. The number of rotatable bonds is 5. The molecule has 0 aliphatic heterocycles.